The van der Waals surface area contributed by atoms with E-state index in [0.29, 0.717) is 18.3 Å². The number of esters is 1. The third kappa shape index (κ3) is 3.34. The Kier molecular flexibility index (Phi) is 5.23. The van der Waals surface area contributed by atoms with Gasteiger partial charge in [0.05, 0.1) is 18.6 Å². The van der Waals surface area contributed by atoms with Gasteiger partial charge in [0.1, 0.15) is 5.69 Å². The number of ether oxygens (including phenoxy) is 1. The topological polar surface area (TPSA) is 63.6 Å². The minimum absolute atomic E-state index is 0.0377. The normalized spacial score (nSPS) is 24.8. The first-order valence-electron chi connectivity index (χ1n) is 8.90. The summed E-state index contributed by atoms with van der Waals surface area (Å²) in [6.45, 7) is 2.53. The number of nitrogens with zero attached hydrogens (tertiary/aromatic N) is 2. The molecule has 0 aliphatic carbocycles. The lowest BCUT2D eigenvalue weighted by atomic mass is 9.97. The predicted octanol–water partition coefficient (Wildman–Crippen LogP) is 1.86. The van der Waals surface area contributed by atoms with E-state index >= 15 is 0 Å². The first-order chi connectivity index (χ1) is 11.6. The van der Waals surface area contributed by atoms with Crippen LogP contribution in [0.1, 0.15) is 54.3 Å². The van der Waals surface area contributed by atoms with Gasteiger partial charge in [-0.2, -0.15) is 0 Å². The highest BCUT2D eigenvalue weighted by Crippen LogP contribution is 2.32. The van der Waals surface area contributed by atoms with Gasteiger partial charge in [0.25, 0.3) is 5.91 Å². The van der Waals surface area contributed by atoms with Crippen molar-refractivity contribution in [3.05, 3.63) is 23.5 Å². The molecule has 0 unspecified atom stereocenters. The van der Waals surface area contributed by atoms with Crippen LogP contribution in [0.2, 0.25) is 0 Å². The van der Waals surface area contributed by atoms with Gasteiger partial charge in [-0.1, -0.05) is 6.42 Å². The Morgan fingerprint density at radius 2 is 2.17 bits per heavy atom. The zero-order chi connectivity index (χ0) is 17.1. The van der Waals surface area contributed by atoms with Crippen LogP contribution in [0.15, 0.2) is 12.1 Å². The molecule has 0 bridgehead atoms. The van der Waals surface area contributed by atoms with Crippen molar-refractivity contribution in [3.8, 4) is 0 Å². The van der Waals surface area contributed by atoms with Crippen LogP contribution in [0.5, 0.6) is 0 Å². The average molecular weight is 333 g/mol. The number of piperidine rings is 1. The van der Waals surface area contributed by atoms with Crippen molar-refractivity contribution in [2.45, 2.75) is 38.1 Å². The number of amides is 1. The molecular weight excluding hydrogens is 306 g/mol. The van der Waals surface area contributed by atoms with Crippen LogP contribution in [0.25, 0.3) is 0 Å². The summed E-state index contributed by atoms with van der Waals surface area (Å²) < 4.78 is 7.08. The monoisotopic (exact) mass is 333 g/mol. The summed E-state index contributed by atoms with van der Waals surface area (Å²) in [6, 6.07) is 4.28. The highest BCUT2D eigenvalue weighted by Gasteiger charge is 2.30. The van der Waals surface area contributed by atoms with Gasteiger partial charge in [-0.3, -0.25) is 14.5 Å². The van der Waals surface area contributed by atoms with Crippen molar-refractivity contribution >= 4 is 11.9 Å². The average Bonchev–Trinajstić information content (AvgIpc) is 3.18. The molecule has 0 aromatic carbocycles. The molecule has 0 spiro atoms. The van der Waals surface area contributed by atoms with Crippen LogP contribution >= 0.6 is 0 Å². The number of carbonyl (C=O) groups excluding carboxylic acids is 2. The van der Waals surface area contributed by atoms with E-state index in [1.807, 2.05) is 17.7 Å². The van der Waals surface area contributed by atoms with E-state index in [-0.39, 0.29) is 17.8 Å². The molecule has 132 valence electrons. The zero-order valence-electron chi connectivity index (χ0n) is 14.6. The van der Waals surface area contributed by atoms with Crippen LogP contribution in [-0.2, 0) is 16.6 Å². The minimum atomic E-state index is -0.0557. The molecule has 2 saturated heterocycles. The molecule has 24 heavy (non-hydrogen) atoms. The van der Waals surface area contributed by atoms with Crippen LogP contribution in [0.4, 0.5) is 0 Å². The second kappa shape index (κ2) is 7.38. The summed E-state index contributed by atoms with van der Waals surface area (Å²) in [5, 5.41) is 2.69. The maximum Gasteiger partial charge on any atom is 0.309 e. The SMILES string of the molecule is CNC(=O)c1ccc([C@H]2CCCCN2CC[C@@H]2CCOC2=O)n1C. The first kappa shape index (κ1) is 17.0. The van der Waals surface area contributed by atoms with Gasteiger partial charge < -0.3 is 14.6 Å². The van der Waals surface area contributed by atoms with Gasteiger partial charge in [-0.05, 0) is 50.9 Å². The summed E-state index contributed by atoms with van der Waals surface area (Å²) in [7, 11) is 3.61. The van der Waals surface area contributed by atoms with E-state index in [1.54, 1.807) is 7.05 Å². The molecule has 0 radical (unpaired) electrons. The molecule has 2 fully saturated rings. The lowest BCUT2D eigenvalue weighted by molar-refractivity contribution is -0.141. The number of cyclic esters (lactones) is 1. The largest absolute Gasteiger partial charge is 0.465 e. The molecule has 2 atom stereocenters. The Hall–Kier alpha value is -1.82. The minimum Gasteiger partial charge on any atom is -0.465 e. The fourth-order valence-electron chi connectivity index (χ4n) is 3.93. The van der Waals surface area contributed by atoms with E-state index in [1.165, 1.54) is 18.5 Å². The molecule has 2 aliphatic rings. The van der Waals surface area contributed by atoms with E-state index < -0.39 is 0 Å². The maximum atomic E-state index is 12.0. The fraction of sp³-hybridized carbons (Fsp3) is 0.667. The van der Waals surface area contributed by atoms with Crippen LogP contribution < -0.4 is 5.32 Å². The molecule has 0 saturated carbocycles. The van der Waals surface area contributed by atoms with E-state index in [9.17, 15) is 9.59 Å². The molecule has 1 aromatic heterocycles. The third-order valence-corrected chi connectivity index (χ3v) is 5.38. The zero-order valence-corrected chi connectivity index (χ0v) is 14.6. The van der Waals surface area contributed by atoms with Crippen molar-refractivity contribution in [1.82, 2.24) is 14.8 Å². The highest BCUT2D eigenvalue weighted by atomic mass is 16.5. The molecule has 6 heteroatoms. The van der Waals surface area contributed by atoms with Gasteiger partial charge in [0, 0.05) is 19.8 Å². The predicted molar refractivity (Wildman–Crippen MR) is 90.7 cm³/mol. The Balaban J connectivity index is 1.71. The maximum absolute atomic E-state index is 12.0. The number of likely N-dealkylation sites (tertiary alicyclic amines) is 1. The summed E-state index contributed by atoms with van der Waals surface area (Å²) in [5.74, 6) is -0.0356. The van der Waals surface area contributed by atoms with Crippen LogP contribution in [-0.4, -0.2) is 48.1 Å². The Bertz CT molecular complexity index is 611. The molecule has 1 aromatic rings. The van der Waals surface area contributed by atoms with Crippen molar-refractivity contribution in [2.24, 2.45) is 13.0 Å². The molecule has 3 rings (SSSR count). The lowest BCUT2D eigenvalue weighted by Gasteiger charge is -2.36. The number of hydrogen-bond donors (Lipinski definition) is 1. The molecule has 2 aliphatic heterocycles. The second-order valence-corrected chi connectivity index (χ2v) is 6.77. The van der Waals surface area contributed by atoms with Gasteiger partial charge in [-0.15, -0.1) is 0 Å². The van der Waals surface area contributed by atoms with Crippen molar-refractivity contribution in [3.63, 3.8) is 0 Å². The second-order valence-electron chi connectivity index (χ2n) is 6.77. The number of rotatable bonds is 5. The van der Waals surface area contributed by atoms with Gasteiger partial charge in [-0.25, -0.2) is 0 Å². The summed E-state index contributed by atoms with van der Waals surface area (Å²) in [5.41, 5.74) is 1.87. The smallest absolute Gasteiger partial charge is 0.309 e. The summed E-state index contributed by atoms with van der Waals surface area (Å²) in [6.07, 6.45) is 5.20. The fourth-order valence-corrected chi connectivity index (χ4v) is 3.93. The Labute approximate surface area is 143 Å². The Morgan fingerprint density at radius 3 is 2.88 bits per heavy atom. The molecule has 3 heterocycles. The molecule has 6 nitrogen and oxygen atoms in total. The van der Waals surface area contributed by atoms with Gasteiger partial charge >= 0.3 is 5.97 Å². The third-order valence-electron chi connectivity index (χ3n) is 5.38. The van der Waals surface area contributed by atoms with Crippen molar-refractivity contribution in [2.75, 3.05) is 26.7 Å². The van der Waals surface area contributed by atoms with E-state index in [4.69, 9.17) is 4.74 Å². The lowest BCUT2D eigenvalue weighted by Crippen LogP contribution is -2.36. The number of carbonyl (C=O) groups is 2. The summed E-state index contributed by atoms with van der Waals surface area (Å²) in [4.78, 5) is 26.1. The van der Waals surface area contributed by atoms with Gasteiger partial charge in [0.2, 0.25) is 0 Å². The van der Waals surface area contributed by atoms with Crippen LogP contribution in [0.3, 0.4) is 0 Å². The molecular formula is C18H27N3O3. The summed E-state index contributed by atoms with van der Waals surface area (Å²) >= 11 is 0. The van der Waals surface area contributed by atoms with E-state index in [0.717, 1.165) is 32.4 Å². The first-order valence-corrected chi connectivity index (χ1v) is 8.90. The quantitative estimate of drug-likeness (QED) is 0.836. The van der Waals surface area contributed by atoms with Crippen LogP contribution in [0, 0.1) is 5.92 Å². The number of nitrogens with one attached hydrogen (secondary N) is 1. The highest BCUT2D eigenvalue weighted by molar-refractivity contribution is 5.92. The van der Waals surface area contributed by atoms with Crippen molar-refractivity contribution in [1.29, 1.82) is 0 Å². The number of hydrogen-bond acceptors (Lipinski definition) is 4. The van der Waals surface area contributed by atoms with Crippen molar-refractivity contribution < 1.29 is 14.3 Å². The molecule has 1 N–H and O–H groups in total. The Morgan fingerprint density at radius 1 is 1.33 bits per heavy atom. The standard InChI is InChI=1S/C18H27N3O3/c1-19-17(22)16-7-6-14(20(16)2)15-5-3-4-10-21(15)11-8-13-9-12-24-18(13)23/h6-7,13,15H,3-5,8-12H2,1-2H3,(H,19,22)/t13-,15-/m1/s1. The van der Waals surface area contributed by atoms with E-state index in [2.05, 4.69) is 16.3 Å². The molecule has 1 amide bonds. The van der Waals surface area contributed by atoms with Gasteiger partial charge in [0.15, 0.2) is 0 Å². The number of aromatic nitrogens is 1.